The number of hydrogen-bond donors (Lipinski definition) is 2. The molecule has 112 valence electrons. The molecule has 3 N–H and O–H groups in total. The number of nitrogens with two attached hydrogens (primary N) is 1. The Kier molecular flexibility index (Phi) is 7.73. The normalized spacial score (nSPS) is 11.9. The number of unbranched alkanes of at least 4 members (excludes halogenated alkanes) is 2. The van der Waals surface area contributed by atoms with Gasteiger partial charge in [0.2, 0.25) is 0 Å². The van der Waals surface area contributed by atoms with Gasteiger partial charge in [-0.1, -0.05) is 31.9 Å². The van der Waals surface area contributed by atoms with E-state index in [0.717, 1.165) is 31.2 Å². The molecule has 1 aromatic carbocycles. The Morgan fingerprint density at radius 3 is 2.90 bits per heavy atom. The van der Waals surface area contributed by atoms with Crippen LogP contribution in [0.4, 0.5) is 0 Å². The predicted octanol–water partition coefficient (Wildman–Crippen LogP) is 2.26. The van der Waals surface area contributed by atoms with E-state index in [9.17, 15) is 4.79 Å². The summed E-state index contributed by atoms with van der Waals surface area (Å²) in [6.07, 6.45) is 3.63. The maximum Gasteiger partial charge on any atom is 0.260 e. The quantitative estimate of drug-likeness (QED) is 0.681. The maximum absolute atomic E-state index is 11.9. The summed E-state index contributed by atoms with van der Waals surface area (Å²) >= 11 is 0. The van der Waals surface area contributed by atoms with Crippen molar-refractivity contribution in [3.63, 3.8) is 0 Å². The SMILES string of the molecule is CCCCCNC(=O)C(C)Oc1cccc(CCN)c1. The van der Waals surface area contributed by atoms with Crippen molar-refractivity contribution in [1.82, 2.24) is 5.32 Å². The summed E-state index contributed by atoms with van der Waals surface area (Å²) in [6.45, 7) is 5.23. The number of carbonyl (C=O) groups excluding carboxylic acids is 1. The van der Waals surface area contributed by atoms with Crippen molar-refractivity contribution in [3.8, 4) is 5.75 Å². The molecule has 1 amide bonds. The summed E-state index contributed by atoms with van der Waals surface area (Å²) < 4.78 is 5.67. The highest BCUT2D eigenvalue weighted by Gasteiger charge is 2.13. The number of rotatable bonds is 9. The van der Waals surface area contributed by atoms with E-state index in [1.807, 2.05) is 24.3 Å². The zero-order valence-corrected chi connectivity index (χ0v) is 12.5. The molecule has 1 rings (SSSR count). The van der Waals surface area contributed by atoms with Crippen LogP contribution in [0.1, 0.15) is 38.7 Å². The molecule has 0 bridgehead atoms. The van der Waals surface area contributed by atoms with Gasteiger partial charge < -0.3 is 15.8 Å². The molecule has 0 spiro atoms. The van der Waals surface area contributed by atoms with Gasteiger partial charge in [0.05, 0.1) is 0 Å². The third kappa shape index (κ3) is 6.06. The summed E-state index contributed by atoms with van der Waals surface area (Å²) in [5.74, 6) is 0.650. The number of nitrogens with one attached hydrogen (secondary N) is 1. The topological polar surface area (TPSA) is 64.3 Å². The standard InChI is InChI=1S/C16H26N2O2/c1-3-4-5-11-18-16(19)13(2)20-15-8-6-7-14(12-15)9-10-17/h6-8,12-13H,3-5,9-11,17H2,1-2H3,(H,18,19). The van der Waals surface area contributed by atoms with Gasteiger partial charge >= 0.3 is 0 Å². The van der Waals surface area contributed by atoms with Crippen molar-refractivity contribution in [3.05, 3.63) is 29.8 Å². The first-order chi connectivity index (χ1) is 9.67. The first-order valence-corrected chi connectivity index (χ1v) is 7.40. The van der Waals surface area contributed by atoms with Crippen molar-refractivity contribution in [2.75, 3.05) is 13.1 Å². The van der Waals surface area contributed by atoms with Crippen LogP contribution in [0, 0.1) is 0 Å². The lowest BCUT2D eigenvalue weighted by Crippen LogP contribution is -2.36. The lowest BCUT2D eigenvalue weighted by atomic mass is 10.1. The molecule has 0 heterocycles. The van der Waals surface area contributed by atoms with E-state index >= 15 is 0 Å². The van der Waals surface area contributed by atoms with Gasteiger partial charge in [0.1, 0.15) is 5.75 Å². The minimum Gasteiger partial charge on any atom is -0.481 e. The smallest absolute Gasteiger partial charge is 0.260 e. The van der Waals surface area contributed by atoms with Gasteiger partial charge in [-0.05, 0) is 44.0 Å². The van der Waals surface area contributed by atoms with Crippen molar-refractivity contribution in [2.45, 2.75) is 45.6 Å². The first kappa shape index (κ1) is 16.5. The Labute approximate surface area is 121 Å². The second kappa shape index (κ2) is 9.37. The molecule has 4 nitrogen and oxygen atoms in total. The van der Waals surface area contributed by atoms with E-state index in [1.165, 1.54) is 0 Å². The molecule has 0 saturated heterocycles. The molecular weight excluding hydrogens is 252 g/mol. The van der Waals surface area contributed by atoms with Gasteiger partial charge in [0.25, 0.3) is 5.91 Å². The minimum absolute atomic E-state index is 0.0645. The van der Waals surface area contributed by atoms with Crippen LogP contribution in [-0.4, -0.2) is 25.1 Å². The largest absolute Gasteiger partial charge is 0.481 e. The summed E-state index contributed by atoms with van der Waals surface area (Å²) in [4.78, 5) is 11.9. The Morgan fingerprint density at radius 2 is 2.20 bits per heavy atom. The van der Waals surface area contributed by atoms with Crippen molar-refractivity contribution in [2.24, 2.45) is 5.73 Å². The maximum atomic E-state index is 11.9. The second-order valence-electron chi connectivity index (χ2n) is 4.94. The Bertz CT molecular complexity index is 407. The fourth-order valence-corrected chi connectivity index (χ4v) is 1.93. The van der Waals surface area contributed by atoms with E-state index in [1.54, 1.807) is 6.92 Å². The molecule has 0 aliphatic heterocycles. The first-order valence-electron chi connectivity index (χ1n) is 7.40. The summed E-state index contributed by atoms with van der Waals surface area (Å²) in [5, 5.41) is 2.89. The molecule has 0 saturated carbocycles. The number of benzene rings is 1. The minimum atomic E-state index is -0.482. The number of hydrogen-bond acceptors (Lipinski definition) is 3. The molecule has 4 heteroatoms. The molecule has 1 unspecified atom stereocenters. The van der Waals surface area contributed by atoms with Crippen LogP contribution < -0.4 is 15.8 Å². The highest BCUT2D eigenvalue weighted by atomic mass is 16.5. The van der Waals surface area contributed by atoms with Crippen LogP contribution in [0.3, 0.4) is 0 Å². The summed E-state index contributed by atoms with van der Waals surface area (Å²) in [5.41, 5.74) is 6.66. The third-order valence-electron chi connectivity index (χ3n) is 3.09. The van der Waals surface area contributed by atoms with Gasteiger partial charge in [0.15, 0.2) is 6.10 Å². The molecular formula is C16H26N2O2. The van der Waals surface area contributed by atoms with E-state index in [2.05, 4.69) is 12.2 Å². The number of amides is 1. The number of carbonyl (C=O) groups is 1. The van der Waals surface area contributed by atoms with Crippen LogP contribution in [0.2, 0.25) is 0 Å². The summed E-state index contributed by atoms with van der Waals surface area (Å²) in [6, 6.07) is 7.73. The average molecular weight is 278 g/mol. The third-order valence-corrected chi connectivity index (χ3v) is 3.09. The van der Waals surface area contributed by atoms with E-state index < -0.39 is 6.10 Å². The Hall–Kier alpha value is -1.55. The van der Waals surface area contributed by atoms with E-state index in [4.69, 9.17) is 10.5 Å². The molecule has 0 aliphatic rings. The Morgan fingerprint density at radius 1 is 1.40 bits per heavy atom. The molecule has 1 atom stereocenters. The van der Waals surface area contributed by atoms with Crippen molar-refractivity contribution < 1.29 is 9.53 Å². The molecule has 0 fully saturated rings. The molecule has 0 aromatic heterocycles. The van der Waals surface area contributed by atoms with Gasteiger partial charge in [-0.2, -0.15) is 0 Å². The highest BCUT2D eigenvalue weighted by Crippen LogP contribution is 2.15. The van der Waals surface area contributed by atoms with Crippen LogP contribution in [-0.2, 0) is 11.2 Å². The fraction of sp³-hybridized carbons (Fsp3) is 0.562. The monoisotopic (exact) mass is 278 g/mol. The van der Waals surface area contributed by atoms with Crippen LogP contribution in [0.25, 0.3) is 0 Å². The highest BCUT2D eigenvalue weighted by molar-refractivity contribution is 5.80. The molecule has 0 aliphatic carbocycles. The summed E-state index contributed by atoms with van der Waals surface area (Å²) in [7, 11) is 0. The lowest BCUT2D eigenvalue weighted by Gasteiger charge is -2.15. The number of ether oxygens (including phenoxy) is 1. The van der Waals surface area contributed by atoms with Crippen LogP contribution >= 0.6 is 0 Å². The van der Waals surface area contributed by atoms with E-state index in [0.29, 0.717) is 18.8 Å². The zero-order valence-electron chi connectivity index (χ0n) is 12.5. The van der Waals surface area contributed by atoms with Gasteiger partial charge in [0, 0.05) is 6.54 Å². The van der Waals surface area contributed by atoms with Crippen molar-refractivity contribution >= 4 is 5.91 Å². The predicted molar refractivity (Wildman–Crippen MR) is 81.8 cm³/mol. The van der Waals surface area contributed by atoms with E-state index in [-0.39, 0.29) is 5.91 Å². The Balaban J connectivity index is 2.42. The molecule has 0 radical (unpaired) electrons. The van der Waals surface area contributed by atoms with Crippen LogP contribution in [0.5, 0.6) is 5.75 Å². The average Bonchev–Trinajstić information content (AvgIpc) is 2.44. The lowest BCUT2D eigenvalue weighted by molar-refractivity contribution is -0.127. The second-order valence-corrected chi connectivity index (χ2v) is 4.94. The molecule has 1 aromatic rings. The fourth-order valence-electron chi connectivity index (χ4n) is 1.93. The van der Waals surface area contributed by atoms with Gasteiger partial charge in [-0.15, -0.1) is 0 Å². The molecule has 20 heavy (non-hydrogen) atoms. The van der Waals surface area contributed by atoms with Crippen LogP contribution in [0.15, 0.2) is 24.3 Å². The van der Waals surface area contributed by atoms with Crippen molar-refractivity contribution in [1.29, 1.82) is 0 Å². The zero-order chi connectivity index (χ0) is 14.8. The van der Waals surface area contributed by atoms with Gasteiger partial charge in [-0.3, -0.25) is 4.79 Å². The van der Waals surface area contributed by atoms with Gasteiger partial charge in [-0.25, -0.2) is 0 Å².